The van der Waals surface area contributed by atoms with Crippen LogP contribution < -0.4 is 14.8 Å². The molecule has 0 saturated heterocycles. The quantitative estimate of drug-likeness (QED) is 0.580. The summed E-state index contributed by atoms with van der Waals surface area (Å²) in [5, 5.41) is 2.67. The molecule has 0 spiro atoms. The molecule has 0 aliphatic carbocycles. The van der Waals surface area contributed by atoms with Crippen molar-refractivity contribution in [3.63, 3.8) is 0 Å². The van der Waals surface area contributed by atoms with Crippen LogP contribution in [0.15, 0.2) is 60.7 Å². The van der Waals surface area contributed by atoms with Gasteiger partial charge in [-0.1, -0.05) is 18.2 Å². The Morgan fingerprint density at radius 2 is 1.72 bits per heavy atom. The van der Waals surface area contributed by atoms with E-state index >= 15 is 0 Å². The van der Waals surface area contributed by atoms with Crippen molar-refractivity contribution in [2.24, 2.45) is 0 Å². The van der Waals surface area contributed by atoms with Crippen LogP contribution in [0.5, 0.6) is 11.5 Å². The summed E-state index contributed by atoms with van der Waals surface area (Å²) in [5.41, 5.74) is 2.10. The van der Waals surface area contributed by atoms with Gasteiger partial charge in [0.15, 0.2) is 0 Å². The molecule has 3 rings (SSSR count). The Bertz CT molecular complexity index is 1020. The SMILES string of the molecule is COc1ccc(-c2cc(NC(=O)c3cc(F)ccc3C)ccc2OC(F)F)cc1. The lowest BCUT2D eigenvalue weighted by Gasteiger charge is -2.14. The number of carbonyl (C=O) groups is 1. The number of ether oxygens (including phenoxy) is 2. The van der Waals surface area contributed by atoms with Crippen LogP contribution in [-0.4, -0.2) is 19.6 Å². The van der Waals surface area contributed by atoms with E-state index in [1.165, 1.54) is 37.4 Å². The van der Waals surface area contributed by atoms with Crippen LogP contribution in [0, 0.1) is 12.7 Å². The summed E-state index contributed by atoms with van der Waals surface area (Å²) in [6, 6.07) is 15.0. The fraction of sp³-hybridized carbons (Fsp3) is 0.136. The topological polar surface area (TPSA) is 47.6 Å². The number of alkyl halides is 2. The highest BCUT2D eigenvalue weighted by atomic mass is 19.3. The van der Waals surface area contributed by atoms with Gasteiger partial charge in [-0.3, -0.25) is 4.79 Å². The highest BCUT2D eigenvalue weighted by Crippen LogP contribution is 2.34. The van der Waals surface area contributed by atoms with Gasteiger partial charge in [-0.05, 0) is 60.5 Å². The van der Waals surface area contributed by atoms with Crippen molar-refractivity contribution >= 4 is 11.6 Å². The van der Waals surface area contributed by atoms with Crippen LogP contribution in [0.4, 0.5) is 18.9 Å². The number of hydrogen-bond donors (Lipinski definition) is 1. The third-order valence-corrected chi connectivity index (χ3v) is 4.30. The molecule has 4 nitrogen and oxygen atoms in total. The van der Waals surface area contributed by atoms with E-state index in [4.69, 9.17) is 4.74 Å². The second-order valence-electron chi connectivity index (χ2n) is 6.23. The molecule has 3 aromatic rings. The summed E-state index contributed by atoms with van der Waals surface area (Å²) < 4.78 is 48.8. The van der Waals surface area contributed by atoms with Gasteiger partial charge in [0.2, 0.25) is 0 Å². The number of amides is 1. The third kappa shape index (κ3) is 4.87. The highest BCUT2D eigenvalue weighted by Gasteiger charge is 2.15. The number of benzene rings is 3. The van der Waals surface area contributed by atoms with E-state index in [0.717, 1.165) is 6.07 Å². The maximum atomic E-state index is 13.5. The number of aryl methyl sites for hydroxylation is 1. The second-order valence-corrected chi connectivity index (χ2v) is 6.23. The predicted octanol–water partition coefficient (Wildman–Crippen LogP) is 5.66. The second kappa shape index (κ2) is 8.68. The molecule has 0 bridgehead atoms. The molecule has 1 amide bonds. The molecule has 0 fully saturated rings. The maximum absolute atomic E-state index is 13.5. The Labute approximate surface area is 165 Å². The van der Waals surface area contributed by atoms with E-state index in [2.05, 4.69) is 10.1 Å². The van der Waals surface area contributed by atoms with Crippen molar-refractivity contribution in [1.29, 1.82) is 0 Å². The zero-order valence-electron chi connectivity index (χ0n) is 15.7. The van der Waals surface area contributed by atoms with Crippen LogP contribution in [0.3, 0.4) is 0 Å². The molecule has 3 aromatic carbocycles. The van der Waals surface area contributed by atoms with Crippen molar-refractivity contribution in [3.05, 3.63) is 77.6 Å². The summed E-state index contributed by atoms with van der Waals surface area (Å²) in [4.78, 5) is 12.5. The zero-order valence-corrected chi connectivity index (χ0v) is 15.7. The number of nitrogens with one attached hydrogen (secondary N) is 1. The van der Waals surface area contributed by atoms with Gasteiger partial charge in [-0.2, -0.15) is 8.78 Å². The molecular formula is C22H18F3NO3. The molecule has 1 N–H and O–H groups in total. The summed E-state index contributed by atoms with van der Waals surface area (Å²) in [6.07, 6.45) is 0. The average molecular weight is 401 g/mol. The van der Waals surface area contributed by atoms with E-state index in [-0.39, 0.29) is 11.3 Å². The third-order valence-electron chi connectivity index (χ3n) is 4.30. The lowest BCUT2D eigenvalue weighted by atomic mass is 10.0. The fourth-order valence-corrected chi connectivity index (χ4v) is 2.84. The molecule has 0 atom stereocenters. The number of hydrogen-bond acceptors (Lipinski definition) is 3. The van der Waals surface area contributed by atoms with E-state index in [1.807, 2.05) is 0 Å². The number of halogens is 3. The number of carbonyl (C=O) groups excluding carboxylic acids is 1. The summed E-state index contributed by atoms with van der Waals surface area (Å²) >= 11 is 0. The van der Waals surface area contributed by atoms with E-state index in [1.54, 1.807) is 31.2 Å². The monoisotopic (exact) mass is 401 g/mol. The van der Waals surface area contributed by atoms with Crippen molar-refractivity contribution < 1.29 is 27.4 Å². The van der Waals surface area contributed by atoms with E-state index < -0.39 is 18.3 Å². The smallest absolute Gasteiger partial charge is 0.387 e. The first-order valence-corrected chi connectivity index (χ1v) is 8.68. The van der Waals surface area contributed by atoms with Gasteiger partial charge in [-0.15, -0.1) is 0 Å². The molecule has 0 heterocycles. The Kier molecular flexibility index (Phi) is 6.07. The minimum absolute atomic E-state index is 0.0369. The van der Waals surface area contributed by atoms with Crippen molar-refractivity contribution in [1.82, 2.24) is 0 Å². The largest absolute Gasteiger partial charge is 0.497 e. The van der Waals surface area contributed by atoms with E-state index in [0.29, 0.717) is 28.1 Å². The molecule has 0 unspecified atom stereocenters. The first-order valence-electron chi connectivity index (χ1n) is 8.68. The molecule has 0 saturated carbocycles. The van der Waals surface area contributed by atoms with Crippen molar-refractivity contribution in [2.75, 3.05) is 12.4 Å². The predicted molar refractivity (Wildman–Crippen MR) is 104 cm³/mol. The first-order chi connectivity index (χ1) is 13.9. The van der Waals surface area contributed by atoms with Gasteiger partial charge in [0.05, 0.1) is 7.11 Å². The zero-order chi connectivity index (χ0) is 21.0. The minimum atomic E-state index is -3.00. The van der Waals surface area contributed by atoms with Gasteiger partial charge in [0, 0.05) is 16.8 Å². The maximum Gasteiger partial charge on any atom is 0.387 e. The van der Waals surface area contributed by atoms with Crippen LogP contribution in [-0.2, 0) is 0 Å². The summed E-state index contributed by atoms with van der Waals surface area (Å²) in [7, 11) is 1.52. The minimum Gasteiger partial charge on any atom is -0.497 e. The summed E-state index contributed by atoms with van der Waals surface area (Å²) in [6.45, 7) is -1.31. The summed E-state index contributed by atoms with van der Waals surface area (Å²) in [5.74, 6) is -0.466. The first kappa shape index (κ1) is 20.3. The van der Waals surface area contributed by atoms with Gasteiger partial charge < -0.3 is 14.8 Å². The van der Waals surface area contributed by atoms with Crippen molar-refractivity contribution in [2.45, 2.75) is 13.5 Å². The van der Waals surface area contributed by atoms with Gasteiger partial charge in [-0.25, -0.2) is 4.39 Å². The highest BCUT2D eigenvalue weighted by molar-refractivity contribution is 6.05. The molecular weight excluding hydrogens is 383 g/mol. The number of anilines is 1. The molecule has 0 radical (unpaired) electrons. The molecule has 0 aromatic heterocycles. The van der Waals surface area contributed by atoms with Crippen LogP contribution in [0.1, 0.15) is 15.9 Å². The molecule has 7 heteroatoms. The Morgan fingerprint density at radius 3 is 2.38 bits per heavy atom. The molecule has 29 heavy (non-hydrogen) atoms. The van der Waals surface area contributed by atoms with Crippen LogP contribution >= 0.6 is 0 Å². The lowest BCUT2D eigenvalue weighted by Crippen LogP contribution is -2.14. The van der Waals surface area contributed by atoms with Gasteiger partial charge >= 0.3 is 6.61 Å². The van der Waals surface area contributed by atoms with Gasteiger partial charge in [0.1, 0.15) is 17.3 Å². The Hall–Kier alpha value is -3.48. The van der Waals surface area contributed by atoms with Crippen LogP contribution in [0.2, 0.25) is 0 Å². The fourth-order valence-electron chi connectivity index (χ4n) is 2.84. The number of rotatable bonds is 6. The van der Waals surface area contributed by atoms with Crippen molar-refractivity contribution in [3.8, 4) is 22.6 Å². The standard InChI is InChI=1S/C22H18F3NO3/c1-13-3-6-15(23)11-18(13)21(27)26-16-7-10-20(29-22(24)25)19(12-16)14-4-8-17(28-2)9-5-14/h3-12,22H,1-2H3,(H,26,27). The Balaban J connectivity index is 1.95. The van der Waals surface area contributed by atoms with Gasteiger partial charge in [0.25, 0.3) is 5.91 Å². The normalized spacial score (nSPS) is 10.7. The average Bonchev–Trinajstić information content (AvgIpc) is 2.70. The lowest BCUT2D eigenvalue weighted by molar-refractivity contribution is -0.0494. The van der Waals surface area contributed by atoms with Crippen LogP contribution in [0.25, 0.3) is 11.1 Å². The molecule has 0 aliphatic heterocycles. The molecule has 150 valence electrons. The Morgan fingerprint density at radius 1 is 1.00 bits per heavy atom. The van der Waals surface area contributed by atoms with E-state index in [9.17, 15) is 18.0 Å². The number of methoxy groups -OCH3 is 1. The molecule has 0 aliphatic rings.